The summed E-state index contributed by atoms with van der Waals surface area (Å²) in [6.07, 6.45) is 2.05. The number of nitrogens with zero attached hydrogens (tertiary/aromatic N) is 3. The Hall–Kier alpha value is -1.40. The highest BCUT2D eigenvalue weighted by atomic mass is 16.5. The van der Waals surface area contributed by atoms with Gasteiger partial charge in [-0.25, -0.2) is 4.98 Å². The van der Waals surface area contributed by atoms with Crippen molar-refractivity contribution in [3.63, 3.8) is 0 Å². The number of hydrogen-bond acceptors (Lipinski definition) is 6. The van der Waals surface area contributed by atoms with Crippen LogP contribution in [0.25, 0.3) is 0 Å². The molecule has 1 N–H and O–H groups in total. The highest BCUT2D eigenvalue weighted by molar-refractivity contribution is 5.38. The molecule has 0 saturated carbocycles. The minimum Gasteiger partial charge on any atom is -0.478 e. The maximum absolute atomic E-state index is 5.69. The van der Waals surface area contributed by atoms with Gasteiger partial charge in [0.05, 0.1) is 6.61 Å². The zero-order valence-corrected chi connectivity index (χ0v) is 14.0. The van der Waals surface area contributed by atoms with E-state index in [-0.39, 0.29) is 6.10 Å². The number of aromatic nitrogens is 2. The van der Waals surface area contributed by atoms with Gasteiger partial charge in [0.25, 0.3) is 0 Å². The Kier molecular flexibility index (Phi) is 6.86. The SMILES string of the molecule is CCOc1cc(NCCN(CC)CC)nc(C2CCCO2)n1. The molecule has 1 fully saturated rings. The van der Waals surface area contributed by atoms with Gasteiger partial charge in [-0.1, -0.05) is 13.8 Å². The van der Waals surface area contributed by atoms with Crippen molar-refractivity contribution < 1.29 is 9.47 Å². The molecule has 1 aliphatic heterocycles. The Bertz CT molecular complexity index is 446. The van der Waals surface area contributed by atoms with Gasteiger partial charge in [0, 0.05) is 25.8 Å². The highest BCUT2D eigenvalue weighted by Gasteiger charge is 2.22. The summed E-state index contributed by atoms with van der Waals surface area (Å²) in [6, 6.07) is 1.87. The molecule has 1 aliphatic rings. The third kappa shape index (κ3) is 4.81. The van der Waals surface area contributed by atoms with Gasteiger partial charge in [0.15, 0.2) is 5.82 Å². The van der Waals surface area contributed by atoms with E-state index in [9.17, 15) is 0 Å². The van der Waals surface area contributed by atoms with E-state index >= 15 is 0 Å². The Labute approximate surface area is 133 Å². The van der Waals surface area contributed by atoms with Crippen LogP contribution in [0.4, 0.5) is 5.82 Å². The lowest BCUT2D eigenvalue weighted by atomic mass is 10.2. The van der Waals surface area contributed by atoms with E-state index in [2.05, 4.69) is 34.0 Å². The van der Waals surface area contributed by atoms with Crippen LogP contribution in [0.1, 0.15) is 45.5 Å². The van der Waals surface area contributed by atoms with E-state index in [1.165, 1.54) is 0 Å². The van der Waals surface area contributed by atoms with Gasteiger partial charge in [0.2, 0.25) is 5.88 Å². The quantitative estimate of drug-likeness (QED) is 0.756. The Morgan fingerprint density at radius 3 is 2.77 bits per heavy atom. The van der Waals surface area contributed by atoms with Crippen LogP contribution in [0, 0.1) is 0 Å². The topological polar surface area (TPSA) is 59.5 Å². The fraction of sp³-hybridized carbons (Fsp3) is 0.750. The molecule has 1 atom stereocenters. The standard InChI is InChI=1S/C16H28N4O2/c1-4-20(5-2)10-9-17-14-12-15(21-6-3)19-16(18-14)13-8-7-11-22-13/h12-13H,4-11H2,1-3H3,(H,17,18,19). The normalized spacial score (nSPS) is 17.9. The first-order valence-electron chi connectivity index (χ1n) is 8.36. The number of nitrogens with one attached hydrogen (secondary N) is 1. The van der Waals surface area contributed by atoms with Crippen LogP contribution < -0.4 is 10.1 Å². The first kappa shape index (κ1) is 17.0. The second-order valence-electron chi connectivity index (χ2n) is 5.34. The van der Waals surface area contributed by atoms with Gasteiger partial charge in [-0.2, -0.15) is 4.98 Å². The summed E-state index contributed by atoms with van der Waals surface area (Å²) in [4.78, 5) is 11.4. The number of likely N-dealkylation sites (N-methyl/N-ethyl adjacent to an activating group) is 1. The molecule has 6 heteroatoms. The van der Waals surface area contributed by atoms with Crippen LogP contribution in [0.5, 0.6) is 5.88 Å². The number of hydrogen-bond donors (Lipinski definition) is 1. The molecule has 0 amide bonds. The fourth-order valence-corrected chi connectivity index (χ4v) is 2.56. The van der Waals surface area contributed by atoms with Crippen LogP contribution in [0.3, 0.4) is 0 Å². The monoisotopic (exact) mass is 308 g/mol. The molecule has 1 saturated heterocycles. The van der Waals surface area contributed by atoms with E-state index in [0.29, 0.717) is 12.5 Å². The van der Waals surface area contributed by atoms with Gasteiger partial charge >= 0.3 is 0 Å². The molecule has 0 aliphatic carbocycles. The summed E-state index contributed by atoms with van der Waals surface area (Å²) in [7, 11) is 0. The summed E-state index contributed by atoms with van der Waals surface area (Å²) in [5.41, 5.74) is 0. The van der Waals surface area contributed by atoms with E-state index in [1.54, 1.807) is 0 Å². The number of rotatable bonds is 9. The lowest BCUT2D eigenvalue weighted by Gasteiger charge is -2.18. The lowest BCUT2D eigenvalue weighted by Crippen LogP contribution is -2.28. The molecular weight excluding hydrogens is 280 g/mol. The fourth-order valence-electron chi connectivity index (χ4n) is 2.56. The molecule has 0 bridgehead atoms. The van der Waals surface area contributed by atoms with Crippen LogP contribution in [0.15, 0.2) is 6.07 Å². The lowest BCUT2D eigenvalue weighted by molar-refractivity contribution is 0.104. The van der Waals surface area contributed by atoms with Crippen LogP contribution in [-0.2, 0) is 4.74 Å². The number of ether oxygens (including phenoxy) is 2. The maximum atomic E-state index is 5.69. The Morgan fingerprint density at radius 1 is 1.32 bits per heavy atom. The molecule has 2 heterocycles. The molecule has 1 aromatic heterocycles. The third-order valence-electron chi connectivity index (χ3n) is 3.86. The van der Waals surface area contributed by atoms with Crippen molar-refractivity contribution >= 4 is 5.82 Å². The molecule has 0 aromatic carbocycles. The van der Waals surface area contributed by atoms with Gasteiger partial charge in [-0.15, -0.1) is 0 Å². The minimum absolute atomic E-state index is 0.00346. The Morgan fingerprint density at radius 2 is 2.14 bits per heavy atom. The van der Waals surface area contributed by atoms with Crippen LogP contribution in [-0.4, -0.2) is 54.3 Å². The average Bonchev–Trinajstić information content (AvgIpc) is 3.06. The van der Waals surface area contributed by atoms with Gasteiger partial charge in [-0.3, -0.25) is 0 Å². The average molecular weight is 308 g/mol. The van der Waals surface area contributed by atoms with E-state index in [1.807, 2.05) is 13.0 Å². The molecule has 2 rings (SSSR count). The van der Waals surface area contributed by atoms with Crippen molar-refractivity contribution in [2.75, 3.05) is 44.7 Å². The predicted octanol–water partition coefficient (Wildman–Crippen LogP) is 2.48. The highest BCUT2D eigenvalue weighted by Crippen LogP contribution is 2.28. The first-order valence-corrected chi connectivity index (χ1v) is 8.36. The van der Waals surface area contributed by atoms with Crippen molar-refractivity contribution in [2.24, 2.45) is 0 Å². The zero-order chi connectivity index (χ0) is 15.8. The van der Waals surface area contributed by atoms with Crippen molar-refractivity contribution in [3.8, 4) is 5.88 Å². The van der Waals surface area contributed by atoms with E-state index < -0.39 is 0 Å². The van der Waals surface area contributed by atoms with E-state index in [4.69, 9.17) is 9.47 Å². The van der Waals surface area contributed by atoms with Crippen LogP contribution in [0.2, 0.25) is 0 Å². The molecular formula is C16H28N4O2. The third-order valence-corrected chi connectivity index (χ3v) is 3.86. The summed E-state index contributed by atoms with van der Waals surface area (Å²) >= 11 is 0. The summed E-state index contributed by atoms with van der Waals surface area (Å²) in [5, 5.41) is 3.38. The van der Waals surface area contributed by atoms with Crippen molar-refractivity contribution in [1.82, 2.24) is 14.9 Å². The molecule has 6 nitrogen and oxygen atoms in total. The van der Waals surface area contributed by atoms with Gasteiger partial charge in [0.1, 0.15) is 11.9 Å². The maximum Gasteiger partial charge on any atom is 0.218 e. The molecule has 0 spiro atoms. The van der Waals surface area contributed by atoms with Crippen molar-refractivity contribution in [1.29, 1.82) is 0 Å². The smallest absolute Gasteiger partial charge is 0.218 e. The minimum atomic E-state index is 0.00346. The summed E-state index contributed by atoms with van der Waals surface area (Å²) in [5.74, 6) is 2.17. The molecule has 124 valence electrons. The summed E-state index contributed by atoms with van der Waals surface area (Å²) < 4.78 is 11.2. The summed E-state index contributed by atoms with van der Waals surface area (Å²) in [6.45, 7) is 11.7. The first-order chi connectivity index (χ1) is 10.8. The van der Waals surface area contributed by atoms with Crippen LogP contribution >= 0.6 is 0 Å². The second kappa shape index (κ2) is 8.90. The predicted molar refractivity (Wildman–Crippen MR) is 87.4 cm³/mol. The van der Waals surface area contributed by atoms with Gasteiger partial charge < -0.3 is 19.7 Å². The van der Waals surface area contributed by atoms with Crippen molar-refractivity contribution in [3.05, 3.63) is 11.9 Å². The molecule has 1 aromatic rings. The Balaban J connectivity index is 2.01. The van der Waals surface area contributed by atoms with Gasteiger partial charge in [-0.05, 0) is 32.9 Å². The second-order valence-corrected chi connectivity index (χ2v) is 5.34. The molecule has 22 heavy (non-hydrogen) atoms. The molecule has 1 unspecified atom stereocenters. The van der Waals surface area contributed by atoms with E-state index in [0.717, 1.165) is 57.3 Å². The molecule has 0 radical (unpaired) electrons. The van der Waals surface area contributed by atoms with Crippen molar-refractivity contribution in [2.45, 2.75) is 39.7 Å². The largest absolute Gasteiger partial charge is 0.478 e. The zero-order valence-electron chi connectivity index (χ0n) is 14.0. The number of anilines is 1.